The SMILES string of the molecule is NC1=CC(=O)C(OC(=S)Nc2ccccc2)O1. The molecule has 2 rings (SSSR count). The lowest BCUT2D eigenvalue weighted by Gasteiger charge is -2.14. The zero-order chi connectivity index (χ0) is 12.3. The predicted molar refractivity (Wildman–Crippen MR) is 65.9 cm³/mol. The van der Waals surface area contributed by atoms with Crippen LogP contribution in [0.5, 0.6) is 0 Å². The summed E-state index contributed by atoms with van der Waals surface area (Å²) in [7, 11) is 0. The number of anilines is 1. The Morgan fingerprint density at radius 3 is 2.71 bits per heavy atom. The van der Waals surface area contributed by atoms with Crippen LogP contribution < -0.4 is 11.1 Å². The number of carbonyl (C=O) groups is 1. The van der Waals surface area contributed by atoms with Gasteiger partial charge in [0.1, 0.15) is 0 Å². The van der Waals surface area contributed by atoms with E-state index in [0.29, 0.717) is 0 Å². The highest BCUT2D eigenvalue weighted by Crippen LogP contribution is 2.13. The van der Waals surface area contributed by atoms with Crippen molar-refractivity contribution in [1.29, 1.82) is 0 Å². The van der Waals surface area contributed by atoms with Crippen LogP contribution in [0.15, 0.2) is 42.3 Å². The topological polar surface area (TPSA) is 73.6 Å². The second-order valence-electron chi connectivity index (χ2n) is 3.30. The minimum Gasteiger partial charge on any atom is -0.432 e. The molecule has 0 aromatic heterocycles. The first-order valence-corrected chi connectivity index (χ1v) is 5.26. The number of para-hydroxylation sites is 1. The lowest BCUT2D eigenvalue weighted by molar-refractivity contribution is -0.135. The number of hydrogen-bond acceptors (Lipinski definition) is 5. The van der Waals surface area contributed by atoms with E-state index in [1.54, 1.807) is 0 Å². The molecule has 0 saturated carbocycles. The lowest BCUT2D eigenvalue weighted by Crippen LogP contribution is -2.27. The van der Waals surface area contributed by atoms with Gasteiger partial charge in [-0.3, -0.25) is 4.79 Å². The molecule has 1 aliphatic rings. The molecule has 0 aliphatic carbocycles. The molecular weight excluding hydrogens is 240 g/mol. The standard InChI is InChI=1S/C11H10N2O3S/c12-9-6-8(14)10(15-9)16-11(17)13-7-4-2-1-3-5-7/h1-6,10H,12H2,(H,13,17). The Balaban J connectivity index is 1.89. The van der Waals surface area contributed by atoms with E-state index in [1.165, 1.54) is 0 Å². The number of nitrogens with two attached hydrogens (primary N) is 1. The van der Waals surface area contributed by atoms with Crippen LogP contribution in [0.4, 0.5) is 5.69 Å². The summed E-state index contributed by atoms with van der Waals surface area (Å²) in [4.78, 5) is 11.3. The lowest BCUT2D eigenvalue weighted by atomic mass is 10.3. The number of thiocarbonyl (C=S) groups is 1. The average molecular weight is 250 g/mol. The van der Waals surface area contributed by atoms with Crippen LogP contribution in [0.3, 0.4) is 0 Å². The molecular formula is C11H10N2O3S. The third kappa shape index (κ3) is 2.94. The zero-order valence-electron chi connectivity index (χ0n) is 8.75. The third-order valence-electron chi connectivity index (χ3n) is 1.99. The monoisotopic (exact) mass is 250 g/mol. The van der Waals surface area contributed by atoms with Crippen LogP contribution in [0, 0.1) is 0 Å². The molecule has 1 heterocycles. The molecule has 1 unspecified atom stereocenters. The Morgan fingerprint density at radius 2 is 2.12 bits per heavy atom. The summed E-state index contributed by atoms with van der Waals surface area (Å²) in [6.45, 7) is 0. The molecule has 0 fully saturated rings. The van der Waals surface area contributed by atoms with Gasteiger partial charge in [0.05, 0.1) is 0 Å². The molecule has 1 aromatic carbocycles. The second kappa shape index (κ2) is 4.84. The summed E-state index contributed by atoms with van der Waals surface area (Å²) >= 11 is 4.93. The van der Waals surface area contributed by atoms with Crippen molar-refractivity contribution in [2.24, 2.45) is 5.73 Å². The maximum Gasteiger partial charge on any atom is 0.308 e. The van der Waals surface area contributed by atoms with Crippen molar-refractivity contribution in [3.8, 4) is 0 Å². The number of nitrogens with one attached hydrogen (secondary N) is 1. The van der Waals surface area contributed by atoms with E-state index in [-0.39, 0.29) is 16.8 Å². The largest absolute Gasteiger partial charge is 0.432 e. The summed E-state index contributed by atoms with van der Waals surface area (Å²) in [6, 6.07) is 9.21. The fourth-order valence-electron chi connectivity index (χ4n) is 1.27. The number of rotatable bonds is 2. The zero-order valence-corrected chi connectivity index (χ0v) is 9.57. The molecule has 0 spiro atoms. The van der Waals surface area contributed by atoms with Crippen molar-refractivity contribution in [1.82, 2.24) is 0 Å². The molecule has 0 saturated heterocycles. The van der Waals surface area contributed by atoms with Crippen molar-refractivity contribution < 1.29 is 14.3 Å². The Morgan fingerprint density at radius 1 is 1.41 bits per heavy atom. The average Bonchev–Trinajstić information content (AvgIpc) is 2.58. The van der Waals surface area contributed by atoms with E-state index >= 15 is 0 Å². The van der Waals surface area contributed by atoms with Crippen molar-refractivity contribution >= 4 is 28.9 Å². The first kappa shape index (κ1) is 11.4. The molecule has 6 heteroatoms. The van der Waals surface area contributed by atoms with Crippen LogP contribution in [-0.4, -0.2) is 17.2 Å². The second-order valence-corrected chi connectivity index (χ2v) is 3.67. The van der Waals surface area contributed by atoms with Gasteiger partial charge in [-0.1, -0.05) is 18.2 Å². The molecule has 0 radical (unpaired) electrons. The van der Waals surface area contributed by atoms with Crippen LogP contribution in [0.1, 0.15) is 0 Å². The number of benzene rings is 1. The van der Waals surface area contributed by atoms with Crippen LogP contribution in [0.2, 0.25) is 0 Å². The van der Waals surface area contributed by atoms with Gasteiger partial charge in [-0.25, -0.2) is 0 Å². The smallest absolute Gasteiger partial charge is 0.308 e. The molecule has 1 aliphatic heterocycles. The van der Waals surface area contributed by atoms with Crippen LogP contribution in [-0.2, 0) is 14.3 Å². The van der Waals surface area contributed by atoms with Gasteiger partial charge in [0.2, 0.25) is 5.78 Å². The summed E-state index contributed by atoms with van der Waals surface area (Å²) in [6.07, 6.45) is 0.0780. The summed E-state index contributed by atoms with van der Waals surface area (Å²) in [5, 5.41) is 2.87. The highest BCUT2D eigenvalue weighted by Gasteiger charge is 2.28. The Hall–Kier alpha value is -2.08. The molecule has 17 heavy (non-hydrogen) atoms. The molecule has 0 amide bonds. The van der Waals surface area contributed by atoms with Gasteiger partial charge in [-0.15, -0.1) is 0 Å². The fraction of sp³-hybridized carbons (Fsp3) is 0.0909. The molecule has 0 bridgehead atoms. The minimum absolute atomic E-state index is 0.0301. The van der Waals surface area contributed by atoms with E-state index in [9.17, 15) is 4.79 Å². The Bertz CT molecular complexity index is 473. The quantitative estimate of drug-likeness (QED) is 0.766. The predicted octanol–water partition coefficient (Wildman–Crippen LogP) is 1.13. The maximum absolute atomic E-state index is 11.3. The first-order valence-electron chi connectivity index (χ1n) is 4.85. The minimum atomic E-state index is -1.08. The molecule has 1 atom stereocenters. The molecule has 1 aromatic rings. The summed E-state index contributed by atoms with van der Waals surface area (Å²) in [5.41, 5.74) is 6.09. The Labute approximate surface area is 103 Å². The van der Waals surface area contributed by atoms with Crippen LogP contribution >= 0.6 is 12.2 Å². The Kier molecular flexibility index (Phi) is 3.24. The molecule has 5 nitrogen and oxygen atoms in total. The highest BCUT2D eigenvalue weighted by molar-refractivity contribution is 7.80. The van der Waals surface area contributed by atoms with Crippen molar-refractivity contribution in [3.05, 3.63) is 42.3 Å². The van der Waals surface area contributed by atoms with Crippen molar-refractivity contribution in [2.75, 3.05) is 5.32 Å². The number of hydrogen-bond donors (Lipinski definition) is 2. The van der Waals surface area contributed by atoms with Gasteiger partial charge in [-0.2, -0.15) is 0 Å². The van der Waals surface area contributed by atoms with Gasteiger partial charge in [0, 0.05) is 11.8 Å². The van der Waals surface area contributed by atoms with Gasteiger partial charge < -0.3 is 20.5 Å². The van der Waals surface area contributed by atoms with Gasteiger partial charge in [-0.05, 0) is 24.4 Å². The normalized spacial score (nSPS) is 18.2. The first-order chi connectivity index (χ1) is 8.15. The number of ketones is 1. The van der Waals surface area contributed by atoms with Gasteiger partial charge in [0.15, 0.2) is 5.88 Å². The van der Waals surface area contributed by atoms with E-state index in [2.05, 4.69) is 5.32 Å². The third-order valence-corrected chi connectivity index (χ3v) is 2.19. The van der Waals surface area contributed by atoms with Crippen molar-refractivity contribution in [2.45, 2.75) is 6.29 Å². The van der Waals surface area contributed by atoms with E-state index < -0.39 is 6.29 Å². The van der Waals surface area contributed by atoms with Gasteiger partial charge >= 0.3 is 6.29 Å². The highest BCUT2D eigenvalue weighted by atomic mass is 32.1. The van der Waals surface area contributed by atoms with Crippen LogP contribution in [0.25, 0.3) is 0 Å². The molecule has 3 N–H and O–H groups in total. The molecule has 88 valence electrons. The summed E-state index contributed by atoms with van der Waals surface area (Å²) in [5.74, 6) is -0.331. The van der Waals surface area contributed by atoms with E-state index in [0.717, 1.165) is 11.8 Å². The van der Waals surface area contributed by atoms with Gasteiger partial charge in [0.25, 0.3) is 5.17 Å². The number of ether oxygens (including phenoxy) is 2. The van der Waals surface area contributed by atoms with E-state index in [1.807, 2.05) is 30.3 Å². The number of carbonyl (C=O) groups excluding carboxylic acids is 1. The van der Waals surface area contributed by atoms with Crippen molar-refractivity contribution in [3.63, 3.8) is 0 Å². The van der Waals surface area contributed by atoms with E-state index in [4.69, 9.17) is 27.4 Å². The summed E-state index contributed by atoms with van der Waals surface area (Å²) < 4.78 is 10.0. The maximum atomic E-state index is 11.3. The fourth-order valence-corrected chi connectivity index (χ4v) is 1.48.